The van der Waals surface area contributed by atoms with E-state index >= 15 is 0 Å². The molecule has 0 saturated carbocycles. The average molecular weight is 349 g/mol. The van der Waals surface area contributed by atoms with E-state index in [0.717, 1.165) is 0 Å². The van der Waals surface area contributed by atoms with Gasteiger partial charge in [0, 0.05) is 16.5 Å². The Bertz CT molecular complexity index is 481. The topological polar surface area (TPSA) is 55.8 Å². The number of benzene rings is 1. The van der Waals surface area contributed by atoms with Crippen molar-refractivity contribution in [3.63, 3.8) is 0 Å². The van der Waals surface area contributed by atoms with E-state index in [0.29, 0.717) is 28.5 Å². The summed E-state index contributed by atoms with van der Waals surface area (Å²) in [6.45, 7) is 5.51. The third kappa shape index (κ3) is 5.13. The SMILES string of the molecule is CCOC(=O)C(Cc1c(Cl)cccc1Cl)OC(O)(CC)CC. The number of esters is 1. The van der Waals surface area contributed by atoms with Gasteiger partial charge >= 0.3 is 5.97 Å². The van der Waals surface area contributed by atoms with Crippen LogP contribution in [0.3, 0.4) is 0 Å². The predicted molar refractivity (Wildman–Crippen MR) is 87.2 cm³/mol. The van der Waals surface area contributed by atoms with Gasteiger partial charge in [0.05, 0.1) is 6.61 Å². The third-order valence-electron chi connectivity index (χ3n) is 3.47. The molecule has 0 amide bonds. The van der Waals surface area contributed by atoms with Crippen molar-refractivity contribution in [1.82, 2.24) is 0 Å². The van der Waals surface area contributed by atoms with Crippen molar-refractivity contribution in [2.45, 2.75) is 51.9 Å². The molecule has 1 rings (SSSR count). The molecule has 1 unspecified atom stereocenters. The smallest absolute Gasteiger partial charge is 0.335 e. The first-order chi connectivity index (χ1) is 10.4. The number of aliphatic hydroxyl groups is 1. The van der Waals surface area contributed by atoms with Crippen LogP contribution in [-0.4, -0.2) is 29.6 Å². The highest BCUT2D eigenvalue weighted by atomic mass is 35.5. The summed E-state index contributed by atoms with van der Waals surface area (Å²) in [5.74, 6) is -1.93. The standard InChI is InChI=1S/C16H22Cl2O4/c1-4-16(20,5-2)22-14(15(19)21-6-3)10-11-12(17)8-7-9-13(11)18/h7-9,14,20H,4-6,10H2,1-3H3. The van der Waals surface area contributed by atoms with Crippen LogP contribution in [0.25, 0.3) is 0 Å². The first-order valence-electron chi connectivity index (χ1n) is 7.36. The van der Waals surface area contributed by atoms with Crippen molar-refractivity contribution in [2.75, 3.05) is 6.61 Å². The zero-order valence-electron chi connectivity index (χ0n) is 13.1. The number of halogens is 2. The van der Waals surface area contributed by atoms with Crippen molar-refractivity contribution < 1.29 is 19.4 Å². The van der Waals surface area contributed by atoms with Gasteiger partial charge in [-0.25, -0.2) is 4.79 Å². The first-order valence-corrected chi connectivity index (χ1v) is 8.12. The predicted octanol–water partition coefficient (Wildman–Crippen LogP) is 3.99. The second-order valence-corrected chi connectivity index (χ2v) is 5.73. The zero-order chi connectivity index (χ0) is 16.8. The van der Waals surface area contributed by atoms with E-state index in [1.807, 2.05) is 0 Å². The molecule has 0 fully saturated rings. The summed E-state index contributed by atoms with van der Waals surface area (Å²) < 4.78 is 10.7. The molecule has 0 aliphatic carbocycles. The van der Waals surface area contributed by atoms with Gasteiger partial charge in [-0.1, -0.05) is 43.1 Å². The number of hydrogen-bond donors (Lipinski definition) is 1. The minimum Gasteiger partial charge on any atom is -0.464 e. The van der Waals surface area contributed by atoms with Gasteiger partial charge in [-0.05, 0) is 37.5 Å². The van der Waals surface area contributed by atoms with Gasteiger partial charge in [0.25, 0.3) is 0 Å². The highest BCUT2D eigenvalue weighted by molar-refractivity contribution is 6.36. The lowest BCUT2D eigenvalue weighted by Gasteiger charge is -2.30. The maximum Gasteiger partial charge on any atom is 0.335 e. The van der Waals surface area contributed by atoms with Crippen LogP contribution in [0.2, 0.25) is 10.0 Å². The van der Waals surface area contributed by atoms with Crippen LogP contribution in [0.1, 0.15) is 39.2 Å². The van der Waals surface area contributed by atoms with Gasteiger partial charge in [0.15, 0.2) is 11.9 Å². The van der Waals surface area contributed by atoms with Gasteiger partial charge in [0.2, 0.25) is 0 Å². The summed E-state index contributed by atoms with van der Waals surface area (Å²) in [5.41, 5.74) is 0.596. The van der Waals surface area contributed by atoms with Gasteiger partial charge in [-0.3, -0.25) is 0 Å². The van der Waals surface area contributed by atoms with E-state index in [-0.39, 0.29) is 13.0 Å². The fourth-order valence-electron chi connectivity index (χ4n) is 2.00. The van der Waals surface area contributed by atoms with Crippen LogP contribution >= 0.6 is 23.2 Å². The molecular formula is C16H22Cl2O4. The number of ether oxygens (including phenoxy) is 2. The van der Waals surface area contributed by atoms with E-state index in [9.17, 15) is 9.90 Å². The summed E-state index contributed by atoms with van der Waals surface area (Å²) in [6, 6.07) is 5.11. The minimum absolute atomic E-state index is 0.139. The molecule has 0 heterocycles. The highest BCUT2D eigenvalue weighted by Crippen LogP contribution is 2.28. The summed E-state index contributed by atoms with van der Waals surface area (Å²) in [5, 5.41) is 11.2. The van der Waals surface area contributed by atoms with Crippen LogP contribution in [0.5, 0.6) is 0 Å². The molecule has 4 nitrogen and oxygen atoms in total. The summed E-state index contributed by atoms with van der Waals surface area (Å²) in [7, 11) is 0. The lowest BCUT2D eigenvalue weighted by molar-refractivity contribution is -0.238. The van der Waals surface area contributed by atoms with Gasteiger partial charge in [-0.15, -0.1) is 0 Å². The Morgan fingerprint density at radius 1 is 1.23 bits per heavy atom. The molecule has 1 atom stereocenters. The maximum atomic E-state index is 12.1. The molecule has 0 aromatic heterocycles. The quantitative estimate of drug-likeness (QED) is 0.569. The third-order valence-corrected chi connectivity index (χ3v) is 4.18. The number of rotatable bonds is 8. The van der Waals surface area contributed by atoms with E-state index in [4.69, 9.17) is 32.7 Å². The number of carbonyl (C=O) groups is 1. The number of carbonyl (C=O) groups excluding carboxylic acids is 1. The Morgan fingerprint density at radius 3 is 2.23 bits per heavy atom. The Morgan fingerprint density at radius 2 is 1.77 bits per heavy atom. The molecule has 0 aliphatic rings. The van der Waals surface area contributed by atoms with Crippen molar-refractivity contribution in [3.05, 3.63) is 33.8 Å². The monoisotopic (exact) mass is 348 g/mol. The molecular weight excluding hydrogens is 327 g/mol. The van der Waals surface area contributed by atoms with Crippen LogP contribution < -0.4 is 0 Å². The first kappa shape index (κ1) is 19.2. The molecule has 1 aromatic carbocycles. The van der Waals surface area contributed by atoms with Gasteiger partial charge in [-0.2, -0.15) is 0 Å². The molecule has 0 radical (unpaired) electrons. The van der Waals surface area contributed by atoms with Crippen molar-refractivity contribution in [1.29, 1.82) is 0 Å². The Labute approximate surface area is 141 Å². The molecule has 124 valence electrons. The Kier molecular flexibility index (Phi) is 7.63. The van der Waals surface area contributed by atoms with Gasteiger partial charge < -0.3 is 14.6 Å². The molecule has 6 heteroatoms. The Hall–Kier alpha value is -0.810. The van der Waals surface area contributed by atoms with E-state index in [1.54, 1.807) is 39.0 Å². The maximum absolute atomic E-state index is 12.1. The van der Waals surface area contributed by atoms with Crippen LogP contribution in [0.15, 0.2) is 18.2 Å². The second-order valence-electron chi connectivity index (χ2n) is 4.92. The lowest BCUT2D eigenvalue weighted by Crippen LogP contribution is -2.41. The van der Waals surface area contributed by atoms with Crippen LogP contribution in [0, 0.1) is 0 Å². The molecule has 22 heavy (non-hydrogen) atoms. The van der Waals surface area contributed by atoms with Gasteiger partial charge in [0.1, 0.15) is 0 Å². The molecule has 0 bridgehead atoms. The molecule has 1 aromatic rings. The summed E-state index contributed by atoms with van der Waals surface area (Å²) >= 11 is 12.3. The lowest BCUT2D eigenvalue weighted by atomic mass is 10.1. The van der Waals surface area contributed by atoms with E-state index in [2.05, 4.69) is 0 Å². The number of hydrogen-bond acceptors (Lipinski definition) is 4. The minimum atomic E-state index is -1.38. The van der Waals surface area contributed by atoms with Crippen LogP contribution in [-0.2, 0) is 20.7 Å². The second kappa shape index (κ2) is 8.73. The highest BCUT2D eigenvalue weighted by Gasteiger charge is 2.33. The van der Waals surface area contributed by atoms with Crippen molar-refractivity contribution in [3.8, 4) is 0 Å². The van der Waals surface area contributed by atoms with E-state index < -0.39 is 17.9 Å². The normalized spacial score (nSPS) is 13.0. The fourth-order valence-corrected chi connectivity index (χ4v) is 2.55. The fraction of sp³-hybridized carbons (Fsp3) is 0.562. The summed E-state index contributed by atoms with van der Waals surface area (Å²) in [4.78, 5) is 12.1. The summed E-state index contributed by atoms with van der Waals surface area (Å²) in [6.07, 6.45) is -0.118. The average Bonchev–Trinajstić information content (AvgIpc) is 2.50. The zero-order valence-corrected chi connectivity index (χ0v) is 14.6. The molecule has 1 N–H and O–H groups in total. The molecule has 0 spiro atoms. The largest absolute Gasteiger partial charge is 0.464 e. The molecule has 0 aliphatic heterocycles. The van der Waals surface area contributed by atoms with Crippen molar-refractivity contribution in [2.24, 2.45) is 0 Å². The van der Waals surface area contributed by atoms with E-state index in [1.165, 1.54) is 0 Å². The molecule has 0 saturated heterocycles. The Balaban J connectivity index is 3.03. The van der Waals surface area contributed by atoms with Crippen molar-refractivity contribution >= 4 is 29.2 Å². The van der Waals surface area contributed by atoms with Crippen LogP contribution in [0.4, 0.5) is 0 Å².